The zero-order chi connectivity index (χ0) is 20.4. The van der Waals surface area contributed by atoms with E-state index in [9.17, 15) is 15.0 Å². The van der Waals surface area contributed by atoms with Crippen molar-refractivity contribution in [2.75, 3.05) is 26.2 Å². The maximum atomic E-state index is 11.2. The molecule has 0 bridgehead atoms. The van der Waals surface area contributed by atoms with Gasteiger partial charge in [0.05, 0.1) is 0 Å². The summed E-state index contributed by atoms with van der Waals surface area (Å²) in [6.07, 6.45) is 1.93. The number of carboxylic acids is 1. The summed E-state index contributed by atoms with van der Waals surface area (Å²) in [4.78, 5) is 13.4. The van der Waals surface area contributed by atoms with Gasteiger partial charge < -0.3 is 24.6 Å². The minimum absolute atomic E-state index is 0.0480. The molecule has 154 valence electrons. The summed E-state index contributed by atoms with van der Waals surface area (Å²) in [6, 6.07) is 12.2. The van der Waals surface area contributed by atoms with Gasteiger partial charge in [-0.1, -0.05) is 23.7 Å². The van der Waals surface area contributed by atoms with E-state index in [2.05, 4.69) is 4.90 Å². The molecule has 2 heterocycles. The second-order valence-corrected chi connectivity index (χ2v) is 8.22. The highest BCUT2D eigenvalue weighted by Gasteiger charge is 2.42. The van der Waals surface area contributed by atoms with Gasteiger partial charge in [0.15, 0.2) is 0 Å². The number of fused-ring (bicyclic) bond motifs is 1. The highest BCUT2D eigenvalue weighted by Crippen LogP contribution is 2.41. The lowest BCUT2D eigenvalue weighted by Crippen LogP contribution is -2.49. The quantitative estimate of drug-likeness (QED) is 0.751. The van der Waals surface area contributed by atoms with E-state index >= 15 is 0 Å². The first-order chi connectivity index (χ1) is 13.9. The topological polar surface area (TPSA) is 79.2 Å². The van der Waals surface area contributed by atoms with Crippen molar-refractivity contribution in [3.8, 4) is 11.5 Å². The van der Waals surface area contributed by atoms with Crippen molar-refractivity contribution in [3.63, 3.8) is 0 Å². The van der Waals surface area contributed by atoms with Crippen LogP contribution >= 0.6 is 11.6 Å². The Labute approximate surface area is 174 Å². The van der Waals surface area contributed by atoms with Crippen LogP contribution in [0.3, 0.4) is 0 Å². The number of aliphatic hydroxyl groups excluding tert-OH is 1. The largest absolute Gasteiger partial charge is 0.490 e. The first-order valence-electron chi connectivity index (χ1n) is 9.77. The molecule has 1 spiro atoms. The average molecular weight is 418 g/mol. The number of ether oxygens (including phenoxy) is 2. The van der Waals surface area contributed by atoms with Crippen molar-refractivity contribution in [1.82, 2.24) is 4.90 Å². The van der Waals surface area contributed by atoms with Gasteiger partial charge in [-0.25, -0.2) is 4.79 Å². The van der Waals surface area contributed by atoms with Crippen LogP contribution in [-0.2, 0) is 6.42 Å². The predicted octanol–water partition coefficient (Wildman–Crippen LogP) is 3.25. The predicted molar refractivity (Wildman–Crippen MR) is 109 cm³/mol. The Morgan fingerprint density at radius 3 is 2.76 bits per heavy atom. The van der Waals surface area contributed by atoms with Crippen LogP contribution in [0.4, 0.5) is 0 Å². The maximum absolute atomic E-state index is 11.2. The van der Waals surface area contributed by atoms with Gasteiger partial charge in [0, 0.05) is 43.9 Å². The molecule has 1 atom stereocenters. The smallest absolute Gasteiger partial charge is 0.339 e. The van der Waals surface area contributed by atoms with E-state index in [4.69, 9.17) is 21.1 Å². The van der Waals surface area contributed by atoms with E-state index in [0.717, 1.165) is 48.7 Å². The number of hydrogen-bond acceptors (Lipinski definition) is 5. The molecule has 0 aliphatic carbocycles. The number of likely N-dealkylation sites (tertiary alicyclic amines) is 1. The molecule has 0 radical (unpaired) electrons. The molecule has 1 saturated heterocycles. The van der Waals surface area contributed by atoms with E-state index < -0.39 is 12.1 Å². The van der Waals surface area contributed by atoms with Crippen molar-refractivity contribution in [2.45, 2.75) is 31.0 Å². The van der Waals surface area contributed by atoms with Gasteiger partial charge in [-0.15, -0.1) is 0 Å². The minimum atomic E-state index is -1.05. The standard InChI is InChI=1S/C22H24ClNO5/c23-16-5-6-19-15(11-16)12-22(29-19)7-9-24(10-8-22)13-17(25)14-28-20-4-2-1-3-18(20)21(26)27/h1-6,11,17,25H,7-10,12-14H2,(H,26,27)/t17-/m0/s1. The van der Waals surface area contributed by atoms with Crippen LogP contribution in [0, 0.1) is 0 Å². The van der Waals surface area contributed by atoms with E-state index in [0.29, 0.717) is 6.54 Å². The van der Waals surface area contributed by atoms with Gasteiger partial charge in [0.25, 0.3) is 0 Å². The summed E-state index contributed by atoms with van der Waals surface area (Å²) in [7, 11) is 0. The molecule has 7 heteroatoms. The molecule has 2 aliphatic rings. The third-order valence-corrected chi connectivity index (χ3v) is 5.88. The molecule has 1 fully saturated rings. The Balaban J connectivity index is 1.27. The number of nitrogens with zero attached hydrogens (tertiary/aromatic N) is 1. The Kier molecular flexibility index (Phi) is 5.67. The Hall–Kier alpha value is -2.28. The Bertz CT molecular complexity index is 895. The number of benzene rings is 2. The molecule has 0 saturated carbocycles. The van der Waals surface area contributed by atoms with Crippen molar-refractivity contribution in [2.24, 2.45) is 0 Å². The number of aromatic carboxylic acids is 1. The molecule has 0 aromatic heterocycles. The molecular formula is C22H24ClNO5. The van der Waals surface area contributed by atoms with Gasteiger partial charge in [-0.2, -0.15) is 0 Å². The van der Waals surface area contributed by atoms with Crippen LogP contribution in [0.15, 0.2) is 42.5 Å². The maximum Gasteiger partial charge on any atom is 0.339 e. The molecular weight excluding hydrogens is 394 g/mol. The van der Waals surface area contributed by atoms with Crippen LogP contribution in [-0.4, -0.2) is 59.0 Å². The number of rotatable bonds is 6. The number of halogens is 1. The van der Waals surface area contributed by atoms with Crippen molar-refractivity contribution < 1.29 is 24.5 Å². The van der Waals surface area contributed by atoms with Gasteiger partial charge in [-0.3, -0.25) is 0 Å². The van der Waals surface area contributed by atoms with Crippen molar-refractivity contribution >= 4 is 17.6 Å². The van der Waals surface area contributed by atoms with Crippen molar-refractivity contribution in [1.29, 1.82) is 0 Å². The van der Waals surface area contributed by atoms with Gasteiger partial charge in [0.2, 0.25) is 0 Å². The Morgan fingerprint density at radius 2 is 2.00 bits per heavy atom. The van der Waals surface area contributed by atoms with Gasteiger partial charge >= 0.3 is 5.97 Å². The molecule has 2 aromatic carbocycles. The summed E-state index contributed by atoms with van der Waals surface area (Å²) in [6.45, 7) is 2.17. The summed E-state index contributed by atoms with van der Waals surface area (Å²) in [5.41, 5.74) is 1.08. The van der Waals surface area contributed by atoms with Crippen LogP contribution in [0.5, 0.6) is 11.5 Å². The molecule has 2 N–H and O–H groups in total. The second kappa shape index (κ2) is 8.22. The van der Waals surface area contributed by atoms with E-state index in [-0.39, 0.29) is 23.5 Å². The molecule has 29 heavy (non-hydrogen) atoms. The van der Waals surface area contributed by atoms with Crippen molar-refractivity contribution in [3.05, 3.63) is 58.6 Å². The van der Waals surface area contributed by atoms with Gasteiger partial charge in [-0.05, 0) is 35.9 Å². The summed E-state index contributed by atoms with van der Waals surface area (Å²) < 4.78 is 11.8. The highest BCUT2D eigenvalue weighted by atomic mass is 35.5. The lowest BCUT2D eigenvalue weighted by atomic mass is 9.87. The van der Waals surface area contributed by atoms with Gasteiger partial charge in [0.1, 0.15) is 35.4 Å². The molecule has 0 unspecified atom stereocenters. The normalized spacial score (nSPS) is 18.8. The fraction of sp³-hybridized carbons (Fsp3) is 0.409. The van der Waals surface area contributed by atoms with Crippen LogP contribution in [0.2, 0.25) is 5.02 Å². The van der Waals surface area contributed by atoms with E-state index in [1.807, 2.05) is 18.2 Å². The third kappa shape index (κ3) is 4.50. The van der Waals surface area contributed by atoms with Crippen LogP contribution < -0.4 is 9.47 Å². The fourth-order valence-corrected chi connectivity index (χ4v) is 4.32. The molecule has 2 aromatic rings. The molecule has 4 rings (SSSR count). The highest BCUT2D eigenvalue weighted by molar-refractivity contribution is 6.30. The number of piperidine rings is 1. The second-order valence-electron chi connectivity index (χ2n) is 7.78. The number of aliphatic hydroxyl groups is 1. The number of para-hydroxylation sites is 1. The average Bonchev–Trinajstić information content (AvgIpc) is 3.05. The minimum Gasteiger partial charge on any atom is -0.490 e. The number of β-amino-alcohol motifs (C(OH)–C–C–N with tert-alkyl or cyclic N) is 1. The van der Waals surface area contributed by atoms with E-state index in [1.165, 1.54) is 6.07 Å². The first kappa shape index (κ1) is 20.0. The molecule has 0 amide bonds. The fourth-order valence-electron chi connectivity index (χ4n) is 4.13. The lowest BCUT2D eigenvalue weighted by molar-refractivity contribution is -0.00202. The lowest BCUT2D eigenvalue weighted by Gasteiger charge is -2.39. The zero-order valence-electron chi connectivity index (χ0n) is 16.0. The first-order valence-corrected chi connectivity index (χ1v) is 10.1. The van der Waals surface area contributed by atoms with Crippen LogP contribution in [0.25, 0.3) is 0 Å². The molecule has 2 aliphatic heterocycles. The summed E-state index contributed by atoms with van der Waals surface area (Å²) in [5, 5.41) is 20.3. The third-order valence-electron chi connectivity index (χ3n) is 5.65. The SMILES string of the molecule is O=C(O)c1ccccc1OC[C@@H](O)CN1CCC2(CC1)Cc1cc(Cl)ccc1O2. The molecule has 6 nitrogen and oxygen atoms in total. The number of carboxylic acid groups (broad SMARTS) is 1. The summed E-state index contributed by atoms with van der Waals surface area (Å²) >= 11 is 6.10. The number of carbonyl (C=O) groups is 1. The van der Waals surface area contributed by atoms with Crippen LogP contribution in [0.1, 0.15) is 28.8 Å². The monoisotopic (exact) mass is 417 g/mol. The zero-order valence-corrected chi connectivity index (χ0v) is 16.8. The Morgan fingerprint density at radius 1 is 1.24 bits per heavy atom. The summed E-state index contributed by atoms with van der Waals surface area (Å²) in [5.74, 6) is 0.149. The number of hydrogen-bond donors (Lipinski definition) is 2. The van der Waals surface area contributed by atoms with E-state index in [1.54, 1.807) is 18.2 Å².